The van der Waals surface area contributed by atoms with Crippen LogP contribution in [0.4, 0.5) is 11.4 Å². The summed E-state index contributed by atoms with van der Waals surface area (Å²) in [7, 11) is 0. The molecule has 0 spiro atoms. The summed E-state index contributed by atoms with van der Waals surface area (Å²) in [4.78, 5) is 36.7. The number of nitrogens with zero attached hydrogens (tertiary/aromatic N) is 1. The topological polar surface area (TPSA) is 105 Å². The van der Waals surface area contributed by atoms with Gasteiger partial charge in [-0.15, -0.1) is 0 Å². The van der Waals surface area contributed by atoms with E-state index in [1.165, 1.54) is 12.1 Å². The van der Waals surface area contributed by atoms with Gasteiger partial charge in [-0.25, -0.2) is 0 Å². The standard InChI is InChI=1S/C15H19ClN4O3/c16-11-9-10(17)4-5-12(11)19-15(23)14(22)18-6-2-8-20-7-1-3-13(20)21/h4-5,9H,1-3,6-8,17H2,(H,18,22)(H,19,23). The molecule has 0 bridgehead atoms. The number of nitrogens with one attached hydrogen (secondary N) is 2. The second-order valence-electron chi connectivity index (χ2n) is 5.29. The second kappa shape index (κ2) is 7.82. The van der Waals surface area contributed by atoms with Crippen LogP contribution in [0.15, 0.2) is 18.2 Å². The molecule has 3 amide bonds. The molecule has 0 aromatic heterocycles. The first-order valence-electron chi connectivity index (χ1n) is 7.39. The third-order valence-corrected chi connectivity index (χ3v) is 3.82. The zero-order valence-electron chi connectivity index (χ0n) is 12.6. The highest BCUT2D eigenvalue weighted by Crippen LogP contribution is 2.23. The van der Waals surface area contributed by atoms with Gasteiger partial charge in [0.15, 0.2) is 0 Å². The molecular weight excluding hydrogens is 320 g/mol. The first-order chi connectivity index (χ1) is 11.0. The van der Waals surface area contributed by atoms with Crippen LogP contribution in [-0.2, 0) is 14.4 Å². The lowest BCUT2D eigenvalue weighted by atomic mass is 10.3. The maximum atomic E-state index is 11.8. The number of nitrogen functional groups attached to an aromatic ring is 1. The van der Waals surface area contributed by atoms with E-state index in [0.29, 0.717) is 37.3 Å². The van der Waals surface area contributed by atoms with Crippen molar-refractivity contribution in [3.8, 4) is 0 Å². The molecular formula is C15H19ClN4O3. The fourth-order valence-corrected chi connectivity index (χ4v) is 2.54. The zero-order chi connectivity index (χ0) is 16.8. The number of amides is 3. The summed E-state index contributed by atoms with van der Waals surface area (Å²) in [6.45, 7) is 1.68. The molecule has 0 unspecified atom stereocenters. The number of anilines is 2. The van der Waals surface area contributed by atoms with Crippen molar-refractivity contribution < 1.29 is 14.4 Å². The van der Waals surface area contributed by atoms with Gasteiger partial charge in [0.25, 0.3) is 0 Å². The molecule has 0 atom stereocenters. The van der Waals surface area contributed by atoms with Gasteiger partial charge in [-0.1, -0.05) is 11.6 Å². The Bertz CT molecular complexity index is 621. The Balaban J connectivity index is 1.72. The molecule has 1 saturated heterocycles. The summed E-state index contributed by atoms with van der Waals surface area (Å²) in [5.74, 6) is -1.40. The van der Waals surface area contributed by atoms with Gasteiger partial charge >= 0.3 is 11.8 Å². The lowest BCUT2D eigenvalue weighted by molar-refractivity contribution is -0.136. The van der Waals surface area contributed by atoms with Crippen LogP contribution in [0.3, 0.4) is 0 Å². The summed E-state index contributed by atoms with van der Waals surface area (Å²) < 4.78 is 0. The molecule has 1 aliphatic rings. The SMILES string of the molecule is Nc1ccc(NC(=O)C(=O)NCCCN2CCCC2=O)c(Cl)c1. The van der Waals surface area contributed by atoms with Crippen molar-refractivity contribution in [2.75, 3.05) is 30.7 Å². The molecule has 0 radical (unpaired) electrons. The number of carbonyl (C=O) groups excluding carboxylic acids is 3. The zero-order valence-corrected chi connectivity index (χ0v) is 13.4. The molecule has 2 rings (SSSR count). The van der Waals surface area contributed by atoms with E-state index in [2.05, 4.69) is 10.6 Å². The average molecular weight is 339 g/mol. The number of hydrogen-bond donors (Lipinski definition) is 3. The van der Waals surface area contributed by atoms with Crippen molar-refractivity contribution in [1.29, 1.82) is 0 Å². The first-order valence-corrected chi connectivity index (χ1v) is 7.77. The van der Waals surface area contributed by atoms with Crippen LogP contribution in [0, 0.1) is 0 Å². The Hall–Kier alpha value is -2.28. The van der Waals surface area contributed by atoms with E-state index in [1.54, 1.807) is 11.0 Å². The summed E-state index contributed by atoms with van der Waals surface area (Å²) in [6, 6.07) is 4.59. The number of rotatable bonds is 5. The van der Waals surface area contributed by atoms with E-state index in [4.69, 9.17) is 17.3 Å². The normalized spacial score (nSPS) is 14.0. The Labute approximate surface area is 139 Å². The minimum atomic E-state index is -0.797. The Morgan fingerprint density at radius 1 is 1.30 bits per heavy atom. The average Bonchev–Trinajstić information content (AvgIpc) is 2.91. The van der Waals surface area contributed by atoms with E-state index >= 15 is 0 Å². The third kappa shape index (κ3) is 4.85. The fourth-order valence-electron chi connectivity index (χ4n) is 2.30. The van der Waals surface area contributed by atoms with Gasteiger partial charge in [-0.05, 0) is 31.0 Å². The van der Waals surface area contributed by atoms with Gasteiger partial charge in [0.1, 0.15) is 0 Å². The molecule has 23 heavy (non-hydrogen) atoms. The molecule has 8 heteroatoms. The molecule has 1 aliphatic heterocycles. The van der Waals surface area contributed by atoms with Gasteiger partial charge in [-0.2, -0.15) is 0 Å². The molecule has 1 aromatic rings. The molecule has 1 aromatic carbocycles. The first kappa shape index (κ1) is 17.1. The van der Waals surface area contributed by atoms with Crippen molar-refractivity contribution in [3.05, 3.63) is 23.2 Å². The van der Waals surface area contributed by atoms with E-state index in [1.807, 2.05) is 0 Å². The lowest BCUT2D eigenvalue weighted by Gasteiger charge is -2.15. The van der Waals surface area contributed by atoms with Gasteiger partial charge in [0, 0.05) is 31.7 Å². The molecule has 7 nitrogen and oxygen atoms in total. The summed E-state index contributed by atoms with van der Waals surface area (Å²) in [6.07, 6.45) is 2.08. The highest BCUT2D eigenvalue weighted by molar-refractivity contribution is 6.41. The third-order valence-electron chi connectivity index (χ3n) is 3.51. The van der Waals surface area contributed by atoms with Crippen LogP contribution >= 0.6 is 11.6 Å². The Morgan fingerprint density at radius 3 is 2.74 bits per heavy atom. The quantitative estimate of drug-likeness (QED) is 0.423. The molecule has 0 saturated carbocycles. The predicted molar refractivity (Wildman–Crippen MR) is 87.9 cm³/mol. The van der Waals surface area contributed by atoms with E-state index in [0.717, 1.165) is 13.0 Å². The van der Waals surface area contributed by atoms with E-state index in [9.17, 15) is 14.4 Å². The largest absolute Gasteiger partial charge is 0.399 e. The van der Waals surface area contributed by atoms with Crippen molar-refractivity contribution in [2.45, 2.75) is 19.3 Å². The van der Waals surface area contributed by atoms with Crippen molar-refractivity contribution in [2.24, 2.45) is 0 Å². The number of benzene rings is 1. The van der Waals surface area contributed by atoms with Crippen LogP contribution in [0.1, 0.15) is 19.3 Å². The Kier molecular flexibility index (Phi) is 5.81. The molecule has 1 fully saturated rings. The molecule has 124 valence electrons. The van der Waals surface area contributed by atoms with Gasteiger partial charge in [0.2, 0.25) is 5.91 Å². The molecule has 4 N–H and O–H groups in total. The van der Waals surface area contributed by atoms with Crippen molar-refractivity contribution >= 4 is 40.7 Å². The maximum Gasteiger partial charge on any atom is 0.313 e. The fraction of sp³-hybridized carbons (Fsp3) is 0.400. The van der Waals surface area contributed by atoms with Crippen LogP contribution in [0.25, 0.3) is 0 Å². The van der Waals surface area contributed by atoms with Crippen molar-refractivity contribution in [3.63, 3.8) is 0 Å². The predicted octanol–water partition coefficient (Wildman–Crippen LogP) is 0.989. The van der Waals surface area contributed by atoms with Crippen LogP contribution in [-0.4, -0.2) is 42.3 Å². The highest BCUT2D eigenvalue weighted by atomic mass is 35.5. The van der Waals surface area contributed by atoms with Crippen LogP contribution < -0.4 is 16.4 Å². The number of carbonyl (C=O) groups is 3. The molecule has 1 heterocycles. The summed E-state index contributed by atoms with van der Waals surface area (Å²) in [5.41, 5.74) is 6.35. The van der Waals surface area contributed by atoms with Crippen LogP contribution in [0.2, 0.25) is 5.02 Å². The monoisotopic (exact) mass is 338 g/mol. The minimum absolute atomic E-state index is 0.145. The van der Waals surface area contributed by atoms with E-state index in [-0.39, 0.29) is 10.9 Å². The van der Waals surface area contributed by atoms with Gasteiger partial charge in [-0.3, -0.25) is 14.4 Å². The number of nitrogens with two attached hydrogens (primary N) is 1. The van der Waals surface area contributed by atoms with E-state index < -0.39 is 11.8 Å². The smallest absolute Gasteiger partial charge is 0.313 e. The number of likely N-dealkylation sites (tertiary alicyclic amines) is 1. The Morgan fingerprint density at radius 2 is 2.09 bits per heavy atom. The number of halogens is 1. The molecule has 0 aliphatic carbocycles. The maximum absolute atomic E-state index is 11.8. The summed E-state index contributed by atoms with van der Waals surface area (Å²) >= 11 is 5.93. The lowest BCUT2D eigenvalue weighted by Crippen LogP contribution is -2.37. The number of hydrogen-bond acceptors (Lipinski definition) is 4. The van der Waals surface area contributed by atoms with Crippen molar-refractivity contribution in [1.82, 2.24) is 10.2 Å². The minimum Gasteiger partial charge on any atom is -0.399 e. The van der Waals surface area contributed by atoms with Crippen LogP contribution in [0.5, 0.6) is 0 Å². The summed E-state index contributed by atoms with van der Waals surface area (Å²) in [5, 5.41) is 5.20. The van der Waals surface area contributed by atoms with Gasteiger partial charge < -0.3 is 21.3 Å². The second-order valence-corrected chi connectivity index (χ2v) is 5.69. The van der Waals surface area contributed by atoms with Gasteiger partial charge in [0.05, 0.1) is 10.7 Å². The highest BCUT2D eigenvalue weighted by Gasteiger charge is 2.19.